The first-order valence-electron chi connectivity index (χ1n) is 3.24. The molecule has 0 saturated heterocycles. The van der Waals surface area contributed by atoms with Crippen molar-refractivity contribution in [1.29, 1.82) is 0 Å². The van der Waals surface area contributed by atoms with Gasteiger partial charge in [-0.1, -0.05) is 0 Å². The third kappa shape index (κ3) is 2.38. The molecule has 0 atom stereocenters. The first-order valence-corrected chi connectivity index (χ1v) is 5.24. The molecule has 0 aliphatic rings. The Kier molecular flexibility index (Phi) is 3.29. The molecule has 36 valence electrons. The van der Waals surface area contributed by atoms with Gasteiger partial charge in [-0.2, -0.15) is 0 Å². The summed E-state index contributed by atoms with van der Waals surface area (Å²) in [6.45, 7) is 2.18. The van der Waals surface area contributed by atoms with Gasteiger partial charge in [-0.05, 0) is 0 Å². The van der Waals surface area contributed by atoms with Crippen LogP contribution in [0.4, 0.5) is 0 Å². The van der Waals surface area contributed by atoms with Crippen molar-refractivity contribution in [2.45, 2.75) is 6.92 Å². The Labute approximate surface area is 90.9 Å². The van der Waals surface area contributed by atoms with E-state index in [1.165, 1.54) is 64.2 Å². The summed E-state index contributed by atoms with van der Waals surface area (Å²) < 4.78 is 3.08. The standard InChI is InChI=1S/C7H6.2Na/c1-7-5-3-2-4-6-7;;/h3-5H,1H3;;. The Balaban J connectivity index is 3.17. The van der Waals surface area contributed by atoms with Gasteiger partial charge in [-0.15, -0.1) is 0 Å². The van der Waals surface area contributed by atoms with Gasteiger partial charge in [0, 0.05) is 0 Å². The Morgan fingerprint density at radius 3 is 2.33 bits per heavy atom. The van der Waals surface area contributed by atoms with E-state index in [9.17, 15) is 0 Å². The SMILES string of the molecule is Cc1cc[c]([Na])c[c]1[Na]. The molecule has 0 N–H and O–H groups in total. The van der Waals surface area contributed by atoms with E-state index < -0.39 is 0 Å². The first-order chi connectivity index (χ1) is 4.20. The molecular weight excluding hydrogens is 130 g/mol. The van der Waals surface area contributed by atoms with E-state index in [0.29, 0.717) is 0 Å². The van der Waals surface area contributed by atoms with Crippen LogP contribution in [0.5, 0.6) is 0 Å². The summed E-state index contributed by atoms with van der Waals surface area (Å²) in [5, 5.41) is 0. The predicted octanol–water partition coefficient (Wildman–Crippen LogP) is -0.417. The molecule has 0 bridgehead atoms. The van der Waals surface area contributed by atoms with Crippen molar-refractivity contribution in [1.82, 2.24) is 0 Å². The summed E-state index contributed by atoms with van der Waals surface area (Å²) in [5.74, 6) is 0. The molecule has 0 aliphatic heterocycles. The molecule has 1 aromatic carbocycles. The number of rotatable bonds is 0. The normalized spacial score (nSPS) is 9.89. The van der Waals surface area contributed by atoms with Gasteiger partial charge in [-0.25, -0.2) is 0 Å². The monoisotopic (exact) mass is 136 g/mol. The van der Waals surface area contributed by atoms with Crippen LogP contribution in [0.25, 0.3) is 0 Å². The molecule has 0 fully saturated rings. The van der Waals surface area contributed by atoms with Crippen molar-refractivity contribution in [2.75, 3.05) is 0 Å². The molecular formula is C7H6Na2. The molecule has 1 aromatic rings. The number of hydrogen-bond acceptors (Lipinski definition) is 0. The molecule has 0 heterocycles. The van der Waals surface area contributed by atoms with E-state index in [2.05, 4.69) is 25.1 Å². The van der Waals surface area contributed by atoms with Gasteiger partial charge < -0.3 is 0 Å². The van der Waals surface area contributed by atoms with E-state index in [1.807, 2.05) is 0 Å². The fourth-order valence-electron chi connectivity index (χ4n) is 0.891. The van der Waals surface area contributed by atoms with E-state index in [-0.39, 0.29) is 0 Å². The summed E-state index contributed by atoms with van der Waals surface area (Å²) in [6.07, 6.45) is 0. The maximum absolute atomic E-state index is 2.33. The molecule has 0 unspecified atom stereocenters. The molecule has 0 radical (unpaired) electrons. The fraction of sp³-hybridized carbons (Fsp3) is 0.143. The topological polar surface area (TPSA) is 0 Å². The molecule has 0 spiro atoms. The van der Waals surface area contributed by atoms with E-state index in [0.717, 1.165) is 0 Å². The number of benzene rings is 1. The van der Waals surface area contributed by atoms with Crippen molar-refractivity contribution in [3.8, 4) is 0 Å². The van der Waals surface area contributed by atoms with Crippen LogP contribution in [-0.2, 0) is 0 Å². The molecule has 2 heteroatoms. The van der Waals surface area contributed by atoms with Crippen molar-refractivity contribution >= 4 is 61.5 Å². The molecule has 9 heavy (non-hydrogen) atoms. The van der Waals surface area contributed by atoms with Crippen LogP contribution in [-0.4, -0.2) is 55.9 Å². The second kappa shape index (κ2) is 3.56. The molecule has 1 rings (SSSR count). The van der Waals surface area contributed by atoms with Gasteiger partial charge in [0.2, 0.25) is 0 Å². The van der Waals surface area contributed by atoms with Crippen LogP contribution in [0.2, 0.25) is 0 Å². The second-order valence-electron chi connectivity index (χ2n) is 2.59. The van der Waals surface area contributed by atoms with Crippen molar-refractivity contribution in [3.63, 3.8) is 0 Å². The van der Waals surface area contributed by atoms with Crippen LogP contribution in [0.1, 0.15) is 5.56 Å². The first kappa shape index (κ1) is 8.32. The summed E-state index contributed by atoms with van der Waals surface area (Å²) in [7, 11) is 0. The van der Waals surface area contributed by atoms with Crippen LogP contribution in [0.15, 0.2) is 18.2 Å². The van der Waals surface area contributed by atoms with Crippen molar-refractivity contribution in [2.24, 2.45) is 0 Å². The number of hydrogen-bond donors (Lipinski definition) is 0. The van der Waals surface area contributed by atoms with Gasteiger partial charge in [0.05, 0.1) is 0 Å². The average Bonchev–Trinajstić information content (AvgIpc) is 1.80. The van der Waals surface area contributed by atoms with Crippen LogP contribution >= 0.6 is 0 Å². The van der Waals surface area contributed by atoms with Crippen molar-refractivity contribution in [3.05, 3.63) is 23.8 Å². The fourth-order valence-corrected chi connectivity index (χ4v) is 2.69. The predicted molar refractivity (Wildman–Crippen MR) is 42.0 cm³/mol. The van der Waals surface area contributed by atoms with Gasteiger partial charge in [0.15, 0.2) is 0 Å². The minimum absolute atomic E-state index is 1.19. The summed E-state index contributed by atoms with van der Waals surface area (Å²) >= 11 is 2.39. The van der Waals surface area contributed by atoms with Gasteiger partial charge in [0.25, 0.3) is 0 Å². The quantitative estimate of drug-likeness (QED) is 0.425. The molecule has 0 aliphatic carbocycles. The van der Waals surface area contributed by atoms with Crippen molar-refractivity contribution < 1.29 is 0 Å². The van der Waals surface area contributed by atoms with Crippen LogP contribution in [0.3, 0.4) is 0 Å². The summed E-state index contributed by atoms with van der Waals surface area (Å²) in [6, 6.07) is 6.78. The van der Waals surface area contributed by atoms with Gasteiger partial charge in [0.1, 0.15) is 0 Å². The summed E-state index contributed by atoms with van der Waals surface area (Å²) in [5.41, 5.74) is 1.46. The molecule has 0 amide bonds. The van der Waals surface area contributed by atoms with Crippen LogP contribution in [0, 0.1) is 6.92 Å². The Morgan fingerprint density at radius 2 is 1.89 bits per heavy atom. The second-order valence-corrected chi connectivity index (χ2v) is 4.82. The Hall–Kier alpha value is 1.22. The van der Waals surface area contributed by atoms with Gasteiger partial charge >= 0.3 is 92.2 Å². The third-order valence-electron chi connectivity index (χ3n) is 1.66. The van der Waals surface area contributed by atoms with E-state index >= 15 is 0 Å². The zero-order chi connectivity index (χ0) is 6.85. The van der Waals surface area contributed by atoms with Gasteiger partial charge in [-0.3, -0.25) is 0 Å². The number of aryl methyl sites for hydroxylation is 1. The maximum atomic E-state index is 2.33. The summed E-state index contributed by atoms with van der Waals surface area (Å²) in [4.78, 5) is 0. The zero-order valence-corrected chi connectivity index (χ0v) is 10.2. The Morgan fingerprint density at radius 1 is 1.22 bits per heavy atom. The third-order valence-corrected chi connectivity index (χ3v) is 3.36. The minimum atomic E-state index is 1.19. The zero-order valence-electron chi connectivity index (χ0n) is 6.23. The van der Waals surface area contributed by atoms with E-state index in [4.69, 9.17) is 0 Å². The van der Waals surface area contributed by atoms with Crippen LogP contribution < -0.4 is 5.63 Å². The average molecular weight is 136 g/mol. The molecule has 0 saturated carbocycles. The van der Waals surface area contributed by atoms with E-state index in [1.54, 1.807) is 2.81 Å². The molecule has 0 nitrogen and oxygen atoms in total. The Bertz CT molecular complexity index is 218. The molecule has 0 aromatic heterocycles.